The zero-order valence-electron chi connectivity index (χ0n) is 15.1. The van der Waals surface area contributed by atoms with Crippen molar-refractivity contribution >= 4 is 27.5 Å². The third-order valence-electron chi connectivity index (χ3n) is 3.52. The average molecular weight is 398 g/mol. The van der Waals surface area contributed by atoms with Crippen LogP contribution in [0.15, 0.2) is 29.6 Å². The predicted octanol–water partition coefficient (Wildman–Crippen LogP) is 2.48. The standard InChI is InChI=1S/C17H23N3O4S2/c1-11-10-25-15(19-11)13(20-16(21)17(2,3)4)9-12-7-5-6-8-14(12)24-26(18,22)23/h5-8,10,13H,9H2,1-4H3,(H,20,21)(H2,18,22,23). The summed E-state index contributed by atoms with van der Waals surface area (Å²) in [5, 5.41) is 10.6. The van der Waals surface area contributed by atoms with Gasteiger partial charge in [0.25, 0.3) is 0 Å². The van der Waals surface area contributed by atoms with Crippen LogP contribution in [0.25, 0.3) is 0 Å². The molecule has 2 rings (SSSR count). The van der Waals surface area contributed by atoms with Crippen LogP contribution in [-0.2, 0) is 21.5 Å². The van der Waals surface area contributed by atoms with Gasteiger partial charge in [-0.3, -0.25) is 4.79 Å². The number of hydrogen-bond donors (Lipinski definition) is 2. The van der Waals surface area contributed by atoms with Gasteiger partial charge >= 0.3 is 10.3 Å². The van der Waals surface area contributed by atoms with Crippen molar-refractivity contribution in [2.24, 2.45) is 10.6 Å². The lowest BCUT2D eigenvalue weighted by molar-refractivity contribution is -0.129. The van der Waals surface area contributed by atoms with Gasteiger partial charge in [0.05, 0.1) is 6.04 Å². The minimum atomic E-state index is -4.14. The summed E-state index contributed by atoms with van der Waals surface area (Å²) in [5.41, 5.74) is 0.893. The minimum Gasteiger partial charge on any atom is -0.371 e. The Morgan fingerprint density at radius 3 is 2.54 bits per heavy atom. The number of amides is 1. The monoisotopic (exact) mass is 397 g/mol. The maximum Gasteiger partial charge on any atom is 0.380 e. The van der Waals surface area contributed by atoms with E-state index in [1.807, 2.05) is 33.1 Å². The second kappa shape index (κ2) is 7.73. The first kappa shape index (κ1) is 20.3. The number of nitrogens with two attached hydrogens (primary N) is 1. The summed E-state index contributed by atoms with van der Waals surface area (Å²) in [6.07, 6.45) is 0.320. The highest BCUT2D eigenvalue weighted by molar-refractivity contribution is 7.84. The summed E-state index contributed by atoms with van der Waals surface area (Å²) in [7, 11) is -4.14. The number of hydrogen-bond acceptors (Lipinski definition) is 6. The van der Waals surface area contributed by atoms with E-state index in [0.29, 0.717) is 12.0 Å². The number of carbonyl (C=O) groups excluding carboxylic acids is 1. The molecule has 1 unspecified atom stereocenters. The van der Waals surface area contributed by atoms with Crippen LogP contribution in [0.2, 0.25) is 0 Å². The van der Waals surface area contributed by atoms with E-state index in [-0.39, 0.29) is 11.7 Å². The molecule has 2 aromatic rings. The van der Waals surface area contributed by atoms with E-state index in [1.165, 1.54) is 17.4 Å². The SMILES string of the molecule is Cc1csc(C(Cc2ccccc2OS(N)(=O)=O)NC(=O)C(C)(C)C)n1. The number of carbonyl (C=O) groups is 1. The van der Waals surface area contributed by atoms with Crippen molar-refractivity contribution in [2.45, 2.75) is 40.2 Å². The molecule has 7 nitrogen and oxygen atoms in total. The third kappa shape index (κ3) is 5.79. The molecule has 142 valence electrons. The summed E-state index contributed by atoms with van der Waals surface area (Å²) in [6.45, 7) is 7.35. The fourth-order valence-electron chi connectivity index (χ4n) is 2.21. The summed E-state index contributed by atoms with van der Waals surface area (Å²) < 4.78 is 27.5. The number of thiazole rings is 1. The Morgan fingerprint density at radius 2 is 2.00 bits per heavy atom. The van der Waals surface area contributed by atoms with E-state index in [9.17, 15) is 13.2 Å². The molecule has 1 aromatic carbocycles. The lowest BCUT2D eigenvalue weighted by Gasteiger charge is -2.23. The van der Waals surface area contributed by atoms with Gasteiger partial charge in [0.15, 0.2) is 0 Å². The lowest BCUT2D eigenvalue weighted by Crippen LogP contribution is -2.38. The van der Waals surface area contributed by atoms with E-state index >= 15 is 0 Å². The maximum absolute atomic E-state index is 12.5. The van der Waals surface area contributed by atoms with Crippen LogP contribution in [-0.4, -0.2) is 19.3 Å². The number of para-hydroxylation sites is 1. The first-order valence-electron chi connectivity index (χ1n) is 7.99. The number of aromatic nitrogens is 1. The van der Waals surface area contributed by atoms with Gasteiger partial charge in [0.1, 0.15) is 10.8 Å². The molecule has 0 spiro atoms. The van der Waals surface area contributed by atoms with Crippen LogP contribution in [0.5, 0.6) is 5.75 Å². The van der Waals surface area contributed by atoms with Crippen LogP contribution in [0.1, 0.15) is 43.1 Å². The predicted molar refractivity (Wildman–Crippen MR) is 101 cm³/mol. The Kier molecular flexibility index (Phi) is 6.05. The molecule has 0 saturated heterocycles. The Labute approximate surface area is 157 Å². The molecule has 0 saturated carbocycles. The molecule has 3 N–H and O–H groups in total. The molecular weight excluding hydrogens is 374 g/mol. The second-order valence-corrected chi connectivity index (χ2v) is 9.03. The number of rotatable bonds is 6. The molecule has 1 amide bonds. The first-order chi connectivity index (χ1) is 12.0. The zero-order valence-corrected chi connectivity index (χ0v) is 16.8. The fourth-order valence-corrected chi connectivity index (χ4v) is 3.47. The van der Waals surface area contributed by atoms with E-state index in [1.54, 1.807) is 18.2 Å². The van der Waals surface area contributed by atoms with Crippen molar-refractivity contribution in [3.05, 3.63) is 45.9 Å². The van der Waals surface area contributed by atoms with Gasteiger partial charge in [-0.15, -0.1) is 11.3 Å². The highest BCUT2D eigenvalue weighted by Gasteiger charge is 2.27. The van der Waals surface area contributed by atoms with Crippen LogP contribution < -0.4 is 14.6 Å². The smallest absolute Gasteiger partial charge is 0.371 e. The van der Waals surface area contributed by atoms with E-state index in [2.05, 4.69) is 10.3 Å². The van der Waals surface area contributed by atoms with Gasteiger partial charge in [-0.2, -0.15) is 13.6 Å². The van der Waals surface area contributed by atoms with Crippen LogP contribution in [0, 0.1) is 12.3 Å². The Bertz CT molecular complexity index is 885. The lowest BCUT2D eigenvalue weighted by atomic mass is 9.94. The summed E-state index contributed by atoms with van der Waals surface area (Å²) in [5.74, 6) is 0.0125. The summed E-state index contributed by atoms with van der Waals surface area (Å²) >= 11 is 1.44. The third-order valence-corrected chi connectivity index (χ3v) is 5.01. The van der Waals surface area contributed by atoms with E-state index < -0.39 is 21.8 Å². The zero-order chi connectivity index (χ0) is 19.5. The number of benzene rings is 1. The number of aryl methyl sites for hydroxylation is 1. The number of nitrogens with zero attached hydrogens (tertiary/aromatic N) is 1. The van der Waals surface area contributed by atoms with Crippen molar-refractivity contribution in [3.63, 3.8) is 0 Å². The van der Waals surface area contributed by atoms with Crippen LogP contribution in [0.3, 0.4) is 0 Å². The van der Waals surface area contributed by atoms with Crippen molar-refractivity contribution < 1.29 is 17.4 Å². The molecule has 0 aliphatic rings. The highest BCUT2D eigenvalue weighted by atomic mass is 32.2. The molecule has 0 aliphatic carbocycles. The molecule has 9 heteroatoms. The molecule has 0 aliphatic heterocycles. The Hall–Kier alpha value is -1.97. The fraction of sp³-hybridized carbons (Fsp3) is 0.412. The average Bonchev–Trinajstić information content (AvgIpc) is 2.92. The molecule has 1 aromatic heterocycles. The topological polar surface area (TPSA) is 111 Å². The van der Waals surface area contributed by atoms with E-state index in [0.717, 1.165) is 10.7 Å². The number of nitrogens with one attached hydrogen (secondary N) is 1. The van der Waals surface area contributed by atoms with Gasteiger partial charge in [0, 0.05) is 22.9 Å². The van der Waals surface area contributed by atoms with Crippen molar-refractivity contribution in [1.29, 1.82) is 0 Å². The quantitative estimate of drug-likeness (QED) is 0.778. The van der Waals surface area contributed by atoms with Gasteiger partial charge in [-0.05, 0) is 18.6 Å². The normalized spacial score (nSPS) is 13.3. The Balaban J connectivity index is 2.34. The molecule has 26 heavy (non-hydrogen) atoms. The van der Waals surface area contributed by atoms with Gasteiger partial charge < -0.3 is 9.50 Å². The van der Waals surface area contributed by atoms with Crippen molar-refractivity contribution in [2.75, 3.05) is 0 Å². The molecule has 1 atom stereocenters. The molecule has 1 heterocycles. The van der Waals surface area contributed by atoms with Crippen molar-refractivity contribution in [1.82, 2.24) is 10.3 Å². The maximum atomic E-state index is 12.5. The molecule has 0 fully saturated rings. The van der Waals surface area contributed by atoms with Gasteiger partial charge in [-0.25, -0.2) is 4.98 Å². The van der Waals surface area contributed by atoms with Gasteiger partial charge in [0.2, 0.25) is 5.91 Å². The van der Waals surface area contributed by atoms with E-state index in [4.69, 9.17) is 9.32 Å². The van der Waals surface area contributed by atoms with Crippen molar-refractivity contribution in [3.8, 4) is 5.75 Å². The first-order valence-corrected chi connectivity index (χ1v) is 10.3. The van der Waals surface area contributed by atoms with Gasteiger partial charge in [-0.1, -0.05) is 39.0 Å². The molecule has 0 radical (unpaired) electrons. The van der Waals surface area contributed by atoms with Crippen LogP contribution >= 0.6 is 11.3 Å². The molecule has 0 bridgehead atoms. The summed E-state index contributed by atoms with van der Waals surface area (Å²) in [4.78, 5) is 16.9. The Morgan fingerprint density at radius 1 is 1.35 bits per heavy atom. The highest BCUT2D eigenvalue weighted by Crippen LogP contribution is 2.28. The van der Waals surface area contributed by atoms with Crippen LogP contribution in [0.4, 0.5) is 0 Å². The minimum absolute atomic E-state index is 0.125. The second-order valence-electron chi connectivity index (χ2n) is 6.99. The molecular formula is C17H23N3O4S2. The summed E-state index contributed by atoms with van der Waals surface area (Å²) in [6, 6.07) is 6.26. The largest absolute Gasteiger partial charge is 0.380 e.